The average molecular weight is 540 g/mol. The zero-order valence-electron chi connectivity index (χ0n) is 24.5. The summed E-state index contributed by atoms with van der Waals surface area (Å²) >= 11 is 0. The maximum atomic E-state index is 13.6. The molecule has 0 aromatic heterocycles. The highest BCUT2D eigenvalue weighted by molar-refractivity contribution is 5.94. The number of benzene rings is 2. The van der Waals surface area contributed by atoms with Crippen molar-refractivity contribution in [3.63, 3.8) is 0 Å². The maximum Gasteiger partial charge on any atom is 0.298 e. The number of rotatable bonds is 4. The van der Waals surface area contributed by atoms with Gasteiger partial charge >= 0.3 is 0 Å². The quantitative estimate of drug-likeness (QED) is 0.595. The van der Waals surface area contributed by atoms with Crippen LogP contribution in [0.4, 0.5) is 0 Å². The Morgan fingerprint density at radius 2 is 1.90 bits per heavy atom. The number of phenols is 1. The number of aromatic hydroxyl groups is 1. The minimum absolute atomic E-state index is 0.122. The Labute approximate surface area is 238 Å². The molecule has 1 saturated heterocycles. The molecule has 2 bridgehead atoms. The number of likely N-dealkylation sites (tertiary alicyclic amines) is 1. The molecule has 2 aliphatic heterocycles. The summed E-state index contributed by atoms with van der Waals surface area (Å²) in [5, 5.41) is 11.0. The number of likely N-dealkylation sites (N-methyl/N-ethyl adjacent to an activating group) is 2. The molecule has 5 atom stereocenters. The highest BCUT2D eigenvalue weighted by Gasteiger charge is 2.74. The van der Waals surface area contributed by atoms with Gasteiger partial charge in [0.25, 0.3) is 5.91 Å². The third-order valence-electron chi connectivity index (χ3n) is 11.2. The zero-order valence-corrected chi connectivity index (χ0v) is 24.5. The normalized spacial score (nSPS) is 31.7. The Balaban J connectivity index is 1.29. The molecule has 3 aliphatic carbocycles. The van der Waals surface area contributed by atoms with E-state index in [1.54, 1.807) is 0 Å². The summed E-state index contributed by atoms with van der Waals surface area (Å²) in [7, 11) is 6.36. The lowest BCUT2D eigenvalue weighted by molar-refractivity contribution is -0.160. The van der Waals surface area contributed by atoms with Crippen molar-refractivity contribution in [3.8, 4) is 23.3 Å². The van der Waals surface area contributed by atoms with Gasteiger partial charge in [-0.25, -0.2) is 0 Å². The molecule has 40 heavy (non-hydrogen) atoms. The Kier molecular flexibility index (Phi) is 5.83. The maximum absolute atomic E-state index is 13.6. The first-order chi connectivity index (χ1) is 19.2. The van der Waals surface area contributed by atoms with Gasteiger partial charge in [0.05, 0.1) is 11.5 Å². The van der Waals surface area contributed by atoms with Crippen molar-refractivity contribution < 1.29 is 14.6 Å². The molecule has 210 valence electrons. The lowest BCUT2D eigenvalue weighted by Crippen LogP contribution is -2.82. The number of nitrogens with zero attached hydrogens (tertiary/aromatic N) is 3. The summed E-state index contributed by atoms with van der Waals surface area (Å²) in [5.74, 6) is 7.55. The van der Waals surface area contributed by atoms with E-state index in [0.29, 0.717) is 11.8 Å². The molecule has 3 fully saturated rings. The number of piperidine rings is 1. The van der Waals surface area contributed by atoms with Crippen molar-refractivity contribution in [1.82, 2.24) is 14.7 Å². The minimum atomic E-state index is -0.290. The Bertz CT molecular complexity index is 1450. The van der Waals surface area contributed by atoms with Crippen LogP contribution in [0.3, 0.4) is 0 Å². The summed E-state index contributed by atoms with van der Waals surface area (Å²) < 4.78 is 6.85. The van der Waals surface area contributed by atoms with Crippen molar-refractivity contribution >= 4 is 5.91 Å². The third-order valence-corrected chi connectivity index (χ3v) is 11.2. The van der Waals surface area contributed by atoms with E-state index in [-0.39, 0.29) is 34.8 Å². The molecule has 2 aromatic carbocycles. The second kappa shape index (κ2) is 8.99. The fraction of sp³-hybridized carbons (Fsp3) is 0.559. The van der Waals surface area contributed by atoms with Crippen LogP contribution < -0.4 is 4.74 Å². The fourth-order valence-electron chi connectivity index (χ4n) is 8.96. The van der Waals surface area contributed by atoms with Crippen molar-refractivity contribution in [2.75, 3.05) is 34.2 Å². The predicted octanol–water partition coefficient (Wildman–Crippen LogP) is 4.02. The van der Waals surface area contributed by atoms with Crippen molar-refractivity contribution in [2.45, 2.75) is 81.5 Å². The van der Waals surface area contributed by atoms with Crippen LogP contribution in [-0.4, -0.2) is 83.7 Å². The summed E-state index contributed by atoms with van der Waals surface area (Å²) in [6, 6.07) is 10.3. The molecule has 2 heterocycles. The number of hydrogen-bond donors (Lipinski definition) is 1. The van der Waals surface area contributed by atoms with Gasteiger partial charge in [-0.2, -0.15) is 0 Å². The van der Waals surface area contributed by atoms with Crippen LogP contribution >= 0.6 is 0 Å². The standard InChI is InChI=1S/C34H41N3O3/c1-21-6-7-23(18-22(21)2)10-13-29(39)36(5)26-14-15-34(35(3)4)28-19-25-11-12-27(38)31-30(25)33(34,32(26)40-31)16-17-37(28)20-24-8-9-24/h6-7,11-12,18,24,26,28,32,38H,8-9,14-17,19-20H2,1-5H3/t26-,28-,32+,33+,34-/m1/s1. The SMILES string of the molecule is Cc1ccc(C#CC(=O)N(C)[C@@H]2CC[C@@]3(N(C)C)[C@H]4Cc5ccc(O)c6c5[C@@]3(CCN4CC3CC3)[C@H]2O6)cc1C. The van der Waals surface area contributed by atoms with Crippen molar-refractivity contribution in [1.29, 1.82) is 0 Å². The van der Waals surface area contributed by atoms with E-state index >= 15 is 0 Å². The molecule has 0 unspecified atom stereocenters. The van der Waals surface area contributed by atoms with E-state index in [0.717, 1.165) is 43.7 Å². The Hall–Kier alpha value is -3.01. The van der Waals surface area contributed by atoms with Crippen molar-refractivity contribution in [2.24, 2.45) is 5.92 Å². The monoisotopic (exact) mass is 539 g/mol. The highest BCUT2D eigenvalue weighted by Crippen LogP contribution is 2.67. The molecule has 5 aliphatic rings. The Morgan fingerprint density at radius 3 is 2.62 bits per heavy atom. The summed E-state index contributed by atoms with van der Waals surface area (Å²) in [6.07, 6.45) is 6.24. The topological polar surface area (TPSA) is 56.2 Å². The summed E-state index contributed by atoms with van der Waals surface area (Å²) in [6.45, 7) is 6.36. The average Bonchev–Trinajstić information content (AvgIpc) is 3.68. The molecule has 2 saturated carbocycles. The lowest BCUT2D eigenvalue weighted by atomic mass is 9.46. The second-order valence-electron chi connectivity index (χ2n) is 13.3. The van der Waals surface area contributed by atoms with E-state index in [9.17, 15) is 9.90 Å². The van der Waals surface area contributed by atoms with Gasteiger partial charge in [0, 0.05) is 42.2 Å². The van der Waals surface area contributed by atoms with Gasteiger partial charge in [0.2, 0.25) is 0 Å². The number of hydrogen-bond acceptors (Lipinski definition) is 5. The first-order valence-corrected chi connectivity index (χ1v) is 15.0. The number of carbonyl (C=O) groups is 1. The molecule has 2 aromatic rings. The van der Waals surface area contributed by atoms with Gasteiger partial charge in [0.1, 0.15) is 6.10 Å². The zero-order chi connectivity index (χ0) is 28.0. The molecule has 1 spiro atoms. The molecule has 1 N–H and O–H groups in total. The number of amides is 1. The fourth-order valence-corrected chi connectivity index (χ4v) is 8.96. The van der Waals surface area contributed by atoms with Gasteiger partial charge in [-0.3, -0.25) is 9.69 Å². The van der Waals surface area contributed by atoms with Crippen LogP contribution in [0.5, 0.6) is 11.5 Å². The van der Waals surface area contributed by atoms with Crippen LogP contribution in [0.25, 0.3) is 0 Å². The van der Waals surface area contributed by atoms with Crippen LogP contribution in [0.2, 0.25) is 0 Å². The minimum Gasteiger partial charge on any atom is -0.504 e. The van der Waals surface area contributed by atoms with E-state index in [4.69, 9.17) is 4.74 Å². The van der Waals surface area contributed by atoms with Gasteiger partial charge in [-0.15, -0.1) is 0 Å². The smallest absolute Gasteiger partial charge is 0.298 e. The van der Waals surface area contributed by atoms with E-state index in [1.807, 2.05) is 30.1 Å². The number of aryl methyl sites for hydroxylation is 2. The van der Waals surface area contributed by atoms with Gasteiger partial charge in [0.15, 0.2) is 11.5 Å². The molecule has 0 radical (unpaired) electrons. The third kappa shape index (κ3) is 3.47. The second-order valence-corrected chi connectivity index (χ2v) is 13.3. The molecule has 1 amide bonds. The van der Waals surface area contributed by atoms with Gasteiger partial charge in [-0.05, 0) is 114 Å². The van der Waals surface area contributed by atoms with Crippen LogP contribution in [0, 0.1) is 31.6 Å². The first kappa shape index (κ1) is 25.9. The molecule has 7 rings (SSSR count). The van der Waals surface area contributed by atoms with Crippen LogP contribution in [0.1, 0.15) is 59.9 Å². The van der Waals surface area contributed by atoms with Crippen LogP contribution in [0.15, 0.2) is 30.3 Å². The number of carbonyl (C=O) groups excluding carboxylic acids is 1. The molecule has 6 nitrogen and oxygen atoms in total. The highest BCUT2D eigenvalue weighted by atomic mass is 16.5. The Morgan fingerprint density at radius 1 is 1.10 bits per heavy atom. The van der Waals surface area contributed by atoms with E-state index in [1.165, 1.54) is 41.6 Å². The molecule has 6 heteroatoms. The van der Waals surface area contributed by atoms with E-state index in [2.05, 4.69) is 61.7 Å². The van der Waals surface area contributed by atoms with E-state index < -0.39 is 0 Å². The number of ether oxygens (including phenoxy) is 1. The predicted molar refractivity (Wildman–Crippen MR) is 156 cm³/mol. The van der Waals surface area contributed by atoms with Crippen molar-refractivity contribution in [3.05, 3.63) is 58.1 Å². The number of phenolic OH excluding ortho intramolecular Hbond substituents is 1. The first-order valence-electron chi connectivity index (χ1n) is 15.0. The van der Waals surface area contributed by atoms with Gasteiger partial charge < -0.3 is 19.6 Å². The summed E-state index contributed by atoms with van der Waals surface area (Å²) in [4.78, 5) is 20.6. The lowest BCUT2D eigenvalue weighted by Gasteiger charge is -2.69. The van der Waals surface area contributed by atoms with Crippen LogP contribution in [-0.2, 0) is 16.6 Å². The molecular weight excluding hydrogens is 498 g/mol. The largest absolute Gasteiger partial charge is 0.504 e. The summed E-state index contributed by atoms with van der Waals surface area (Å²) in [5.41, 5.74) is 5.35. The molecular formula is C34H41N3O3. The van der Waals surface area contributed by atoms with Gasteiger partial charge in [-0.1, -0.05) is 18.1 Å².